The monoisotopic (exact) mass is 388 g/mol. The molecular formula is C18H14Cl2N4O2. The van der Waals surface area contributed by atoms with Crippen LogP contribution in [0, 0.1) is 0 Å². The number of aromatic amines is 1. The van der Waals surface area contributed by atoms with Crippen molar-refractivity contribution in [2.75, 3.05) is 5.43 Å². The summed E-state index contributed by atoms with van der Waals surface area (Å²) >= 11 is 12.1. The van der Waals surface area contributed by atoms with E-state index in [9.17, 15) is 4.79 Å². The molecule has 0 unspecified atom stereocenters. The number of rotatable bonds is 6. The molecule has 132 valence electrons. The predicted octanol–water partition coefficient (Wildman–Crippen LogP) is 4.10. The fourth-order valence-corrected chi connectivity index (χ4v) is 2.46. The molecule has 0 saturated carbocycles. The molecule has 3 rings (SSSR count). The van der Waals surface area contributed by atoms with E-state index in [1.165, 1.54) is 6.20 Å². The second-order valence-electron chi connectivity index (χ2n) is 5.26. The van der Waals surface area contributed by atoms with Gasteiger partial charge in [0.15, 0.2) is 0 Å². The Hall–Kier alpha value is -2.83. The molecule has 0 aliphatic carbocycles. The van der Waals surface area contributed by atoms with E-state index >= 15 is 0 Å². The van der Waals surface area contributed by atoms with Gasteiger partial charge in [0.25, 0.3) is 5.56 Å². The highest BCUT2D eigenvalue weighted by molar-refractivity contribution is 6.33. The minimum absolute atomic E-state index is 0.0140. The van der Waals surface area contributed by atoms with E-state index in [1.54, 1.807) is 18.3 Å². The van der Waals surface area contributed by atoms with Crippen molar-refractivity contribution in [3.63, 3.8) is 0 Å². The third-order valence-corrected chi connectivity index (χ3v) is 4.06. The first kappa shape index (κ1) is 18.0. The number of hydrogen-bond acceptors (Lipinski definition) is 5. The van der Waals surface area contributed by atoms with Crippen LogP contribution < -0.4 is 15.7 Å². The van der Waals surface area contributed by atoms with Crippen LogP contribution >= 0.6 is 23.2 Å². The highest BCUT2D eigenvalue weighted by atomic mass is 35.5. The fraction of sp³-hybridized carbons (Fsp3) is 0.0556. The molecule has 0 aliphatic heterocycles. The summed E-state index contributed by atoms with van der Waals surface area (Å²) < 4.78 is 5.72. The van der Waals surface area contributed by atoms with Crippen molar-refractivity contribution in [1.82, 2.24) is 10.2 Å². The van der Waals surface area contributed by atoms with E-state index in [4.69, 9.17) is 27.9 Å². The van der Waals surface area contributed by atoms with E-state index in [0.717, 1.165) is 11.1 Å². The van der Waals surface area contributed by atoms with Gasteiger partial charge in [0.2, 0.25) is 0 Å². The van der Waals surface area contributed by atoms with Crippen LogP contribution in [-0.2, 0) is 6.61 Å². The van der Waals surface area contributed by atoms with Gasteiger partial charge in [-0.3, -0.25) is 10.2 Å². The maximum Gasteiger partial charge on any atom is 0.285 e. The lowest BCUT2D eigenvalue weighted by molar-refractivity contribution is 0.306. The Labute approximate surface area is 159 Å². The van der Waals surface area contributed by atoms with Gasteiger partial charge in [0.05, 0.1) is 17.4 Å². The molecule has 3 aromatic rings. The standard InChI is InChI=1S/C18H14Cl2N4O2/c19-14-8-13(9-21-23-15-10-22-24-18(25)17(15)20)6-7-16(14)26-11-12-4-2-1-3-5-12/h1-10H,11H2,(H2,23,24,25)/b21-9-. The lowest BCUT2D eigenvalue weighted by atomic mass is 10.2. The Morgan fingerprint density at radius 3 is 2.77 bits per heavy atom. The molecule has 6 nitrogen and oxygen atoms in total. The number of benzene rings is 2. The molecule has 0 aliphatic rings. The van der Waals surface area contributed by atoms with E-state index in [0.29, 0.717) is 23.1 Å². The number of anilines is 1. The molecule has 0 saturated heterocycles. The number of nitrogens with one attached hydrogen (secondary N) is 2. The molecule has 8 heteroatoms. The Kier molecular flexibility index (Phi) is 5.88. The van der Waals surface area contributed by atoms with Gasteiger partial charge in [-0.05, 0) is 29.3 Å². The van der Waals surface area contributed by atoms with Gasteiger partial charge in [0.1, 0.15) is 23.1 Å². The van der Waals surface area contributed by atoms with Crippen LogP contribution in [0.3, 0.4) is 0 Å². The number of H-pyrrole nitrogens is 1. The molecule has 26 heavy (non-hydrogen) atoms. The van der Waals surface area contributed by atoms with Crippen LogP contribution in [0.5, 0.6) is 5.75 Å². The zero-order valence-electron chi connectivity index (χ0n) is 13.4. The number of ether oxygens (including phenoxy) is 1. The molecule has 1 heterocycles. The highest BCUT2D eigenvalue weighted by Crippen LogP contribution is 2.26. The zero-order chi connectivity index (χ0) is 18.4. The van der Waals surface area contributed by atoms with Gasteiger partial charge in [-0.2, -0.15) is 10.2 Å². The van der Waals surface area contributed by atoms with Crippen LogP contribution in [0.1, 0.15) is 11.1 Å². The molecule has 2 N–H and O–H groups in total. The summed E-state index contributed by atoms with van der Waals surface area (Å²) in [6, 6.07) is 15.1. The van der Waals surface area contributed by atoms with Gasteiger partial charge in [-0.15, -0.1) is 0 Å². The summed E-state index contributed by atoms with van der Waals surface area (Å²) in [5.41, 5.74) is 4.29. The van der Waals surface area contributed by atoms with Gasteiger partial charge < -0.3 is 4.74 Å². The van der Waals surface area contributed by atoms with Crippen LogP contribution in [0.25, 0.3) is 0 Å². The Balaban J connectivity index is 1.63. The van der Waals surface area contributed by atoms with Gasteiger partial charge >= 0.3 is 0 Å². The summed E-state index contributed by atoms with van der Waals surface area (Å²) in [6.45, 7) is 0.434. The zero-order valence-corrected chi connectivity index (χ0v) is 15.0. The average Bonchev–Trinajstić information content (AvgIpc) is 2.65. The van der Waals surface area contributed by atoms with Crippen molar-refractivity contribution in [2.45, 2.75) is 6.61 Å². The van der Waals surface area contributed by atoms with E-state index < -0.39 is 5.56 Å². The summed E-state index contributed by atoms with van der Waals surface area (Å²) in [4.78, 5) is 11.3. The Morgan fingerprint density at radius 2 is 2.00 bits per heavy atom. The van der Waals surface area contributed by atoms with Crippen LogP contribution in [0.2, 0.25) is 10.0 Å². The van der Waals surface area contributed by atoms with Crippen molar-refractivity contribution in [1.29, 1.82) is 0 Å². The summed E-state index contributed by atoms with van der Waals surface area (Å²) in [6.07, 6.45) is 2.92. The number of aromatic nitrogens is 2. The van der Waals surface area contributed by atoms with Gasteiger partial charge in [0, 0.05) is 0 Å². The first-order chi connectivity index (χ1) is 12.6. The van der Waals surface area contributed by atoms with E-state index in [-0.39, 0.29) is 5.02 Å². The van der Waals surface area contributed by atoms with Gasteiger partial charge in [-0.1, -0.05) is 53.5 Å². The van der Waals surface area contributed by atoms with E-state index in [2.05, 4.69) is 20.7 Å². The molecule has 0 atom stereocenters. The second-order valence-corrected chi connectivity index (χ2v) is 6.05. The molecule has 0 fully saturated rings. The summed E-state index contributed by atoms with van der Waals surface area (Å²) in [5, 5.41) is 10.4. The molecule has 0 bridgehead atoms. The van der Waals surface area contributed by atoms with Crippen molar-refractivity contribution in [2.24, 2.45) is 5.10 Å². The number of hydrazone groups is 1. The lowest BCUT2D eigenvalue weighted by Gasteiger charge is -2.08. The smallest absolute Gasteiger partial charge is 0.285 e. The van der Waals surface area contributed by atoms with Crippen LogP contribution in [0.15, 0.2) is 64.6 Å². The third-order valence-electron chi connectivity index (χ3n) is 3.39. The minimum atomic E-state index is -0.491. The fourth-order valence-electron chi connectivity index (χ4n) is 2.09. The topological polar surface area (TPSA) is 79.4 Å². The number of nitrogens with zero attached hydrogens (tertiary/aromatic N) is 2. The van der Waals surface area contributed by atoms with Crippen LogP contribution in [0.4, 0.5) is 5.69 Å². The number of hydrogen-bond donors (Lipinski definition) is 2. The van der Waals surface area contributed by atoms with Crippen molar-refractivity contribution in [3.05, 3.63) is 86.3 Å². The minimum Gasteiger partial charge on any atom is -0.487 e. The maximum atomic E-state index is 11.3. The highest BCUT2D eigenvalue weighted by Gasteiger charge is 2.04. The SMILES string of the molecule is O=c1[nH]ncc(N/N=C\c2ccc(OCc3ccccc3)c(Cl)c2)c1Cl. The molecule has 1 aromatic heterocycles. The summed E-state index contributed by atoms with van der Waals surface area (Å²) in [5.74, 6) is 0.586. The van der Waals surface area contributed by atoms with Crippen molar-refractivity contribution >= 4 is 35.1 Å². The largest absolute Gasteiger partial charge is 0.487 e. The van der Waals surface area contributed by atoms with Crippen LogP contribution in [-0.4, -0.2) is 16.4 Å². The molecule has 0 amide bonds. The van der Waals surface area contributed by atoms with Crippen molar-refractivity contribution in [3.8, 4) is 5.75 Å². The molecule has 2 aromatic carbocycles. The molecular weight excluding hydrogens is 375 g/mol. The first-order valence-corrected chi connectivity index (χ1v) is 8.37. The Bertz CT molecular complexity index is 974. The predicted molar refractivity (Wildman–Crippen MR) is 103 cm³/mol. The second kappa shape index (κ2) is 8.51. The summed E-state index contributed by atoms with van der Waals surface area (Å²) in [7, 11) is 0. The quantitative estimate of drug-likeness (QED) is 0.492. The van der Waals surface area contributed by atoms with Gasteiger partial charge in [-0.25, -0.2) is 5.10 Å². The van der Waals surface area contributed by atoms with E-state index in [1.807, 2.05) is 36.4 Å². The third kappa shape index (κ3) is 4.62. The maximum absolute atomic E-state index is 11.3. The Morgan fingerprint density at radius 1 is 1.19 bits per heavy atom. The number of halogens is 2. The average molecular weight is 389 g/mol. The lowest BCUT2D eigenvalue weighted by Crippen LogP contribution is -2.10. The van der Waals surface area contributed by atoms with Crippen molar-refractivity contribution < 1.29 is 4.74 Å². The first-order valence-electron chi connectivity index (χ1n) is 7.62. The molecule has 0 radical (unpaired) electrons. The normalized spacial score (nSPS) is 10.8. The molecule has 0 spiro atoms.